The van der Waals surface area contributed by atoms with Gasteiger partial charge in [-0.2, -0.15) is 0 Å². The third kappa shape index (κ3) is 3.10. The maximum atomic E-state index is 12.7. The molecule has 1 N–H and O–H groups in total. The highest BCUT2D eigenvalue weighted by atomic mass is 35.5. The molecule has 1 aliphatic rings. The second kappa shape index (κ2) is 6.60. The van der Waals surface area contributed by atoms with Crippen molar-refractivity contribution in [2.24, 2.45) is 0 Å². The van der Waals surface area contributed by atoms with E-state index >= 15 is 0 Å². The number of nitrogens with zero attached hydrogens (tertiary/aromatic N) is 2. The van der Waals surface area contributed by atoms with E-state index in [2.05, 4.69) is 4.74 Å². The first-order valence-corrected chi connectivity index (χ1v) is 7.88. The summed E-state index contributed by atoms with van der Waals surface area (Å²) in [5.41, 5.74) is -0.524. The van der Waals surface area contributed by atoms with Gasteiger partial charge in [0.25, 0.3) is 5.91 Å². The molecule has 1 aromatic carbocycles. The average molecular weight is 363 g/mol. The van der Waals surface area contributed by atoms with Gasteiger partial charge in [0.1, 0.15) is 5.56 Å². The topological polar surface area (TPSA) is 88.8 Å². The molecule has 0 bridgehead atoms. The molecule has 0 fully saturated rings. The smallest absolute Gasteiger partial charge is 0.343 e. The zero-order valence-electron chi connectivity index (χ0n) is 13.4. The molecule has 8 heteroatoms. The van der Waals surface area contributed by atoms with Crippen molar-refractivity contribution in [2.45, 2.75) is 13.1 Å². The Morgan fingerprint density at radius 3 is 2.76 bits per heavy atom. The predicted molar refractivity (Wildman–Crippen MR) is 89.9 cm³/mol. The van der Waals surface area contributed by atoms with E-state index in [1.807, 2.05) is 6.07 Å². The Labute approximate surface area is 148 Å². The molecule has 25 heavy (non-hydrogen) atoms. The van der Waals surface area contributed by atoms with E-state index in [1.54, 1.807) is 18.2 Å². The SMILES string of the molecule is COC(=O)c1cn2c(c(O)c1=O)C(=O)N(Cc1cccc(Cl)c1)CC2. The molecule has 2 aromatic rings. The van der Waals surface area contributed by atoms with E-state index in [0.717, 1.165) is 12.7 Å². The van der Waals surface area contributed by atoms with Crippen LogP contribution in [0.2, 0.25) is 5.02 Å². The van der Waals surface area contributed by atoms with Crippen LogP contribution in [0.3, 0.4) is 0 Å². The predicted octanol–water partition coefficient (Wildman–Crippen LogP) is 1.65. The van der Waals surface area contributed by atoms with Crippen LogP contribution in [0.1, 0.15) is 26.4 Å². The Bertz CT molecular complexity index is 922. The number of ether oxygens (including phenoxy) is 1. The molecule has 0 spiro atoms. The lowest BCUT2D eigenvalue weighted by molar-refractivity contribution is 0.0591. The van der Waals surface area contributed by atoms with Crippen molar-refractivity contribution in [3.63, 3.8) is 0 Å². The highest BCUT2D eigenvalue weighted by molar-refractivity contribution is 6.30. The van der Waals surface area contributed by atoms with Crippen molar-refractivity contribution in [3.05, 3.63) is 62.5 Å². The quantitative estimate of drug-likeness (QED) is 0.839. The Morgan fingerprint density at radius 1 is 1.32 bits per heavy atom. The number of carbonyl (C=O) groups is 2. The number of fused-ring (bicyclic) bond motifs is 1. The second-order valence-corrected chi connectivity index (χ2v) is 6.05. The van der Waals surface area contributed by atoms with Crippen LogP contribution in [0.5, 0.6) is 5.75 Å². The van der Waals surface area contributed by atoms with Crippen molar-refractivity contribution in [1.29, 1.82) is 0 Å². The number of rotatable bonds is 3. The lowest BCUT2D eigenvalue weighted by atomic mass is 10.1. The molecule has 130 valence electrons. The number of halogens is 1. The molecular formula is C17H15ClN2O5. The fourth-order valence-electron chi connectivity index (χ4n) is 2.79. The summed E-state index contributed by atoms with van der Waals surface area (Å²) in [6.07, 6.45) is 1.25. The van der Waals surface area contributed by atoms with Crippen LogP contribution < -0.4 is 5.43 Å². The van der Waals surface area contributed by atoms with Crippen LogP contribution in [-0.4, -0.2) is 40.1 Å². The number of hydrogen-bond donors (Lipinski definition) is 1. The summed E-state index contributed by atoms with van der Waals surface area (Å²) in [6.45, 7) is 0.993. The second-order valence-electron chi connectivity index (χ2n) is 5.61. The van der Waals surface area contributed by atoms with Crippen LogP contribution >= 0.6 is 11.6 Å². The molecule has 0 radical (unpaired) electrons. The van der Waals surface area contributed by atoms with Crippen molar-refractivity contribution in [2.75, 3.05) is 13.7 Å². The first-order valence-electron chi connectivity index (χ1n) is 7.51. The number of carbonyl (C=O) groups excluding carboxylic acids is 2. The van der Waals surface area contributed by atoms with E-state index in [0.29, 0.717) is 24.7 Å². The fraction of sp³-hybridized carbons (Fsp3) is 0.235. The maximum absolute atomic E-state index is 12.7. The van der Waals surface area contributed by atoms with Crippen LogP contribution in [0, 0.1) is 0 Å². The molecule has 1 aliphatic heterocycles. The summed E-state index contributed by atoms with van der Waals surface area (Å²) in [6, 6.07) is 7.10. The van der Waals surface area contributed by atoms with Gasteiger partial charge in [0, 0.05) is 30.9 Å². The molecule has 1 aromatic heterocycles. The van der Waals surface area contributed by atoms with Gasteiger partial charge >= 0.3 is 5.97 Å². The van der Waals surface area contributed by atoms with Crippen molar-refractivity contribution < 1.29 is 19.4 Å². The Hall–Kier alpha value is -2.80. The molecule has 0 atom stereocenters. The first-order chi connectivity index (χ1) is 11.9. The van der Waals surface area contributed by atoms with E-state index in [1.165, 1.54) is 15.7 Å². The zero-order chi connectivity index (χ0) is 18.1. The molecule has 2 heterocycles. The van der Waals surface area contributed by atoms with E-state index < -0.39 is 23.1 Å². The van der Waals surface area contributed by atoms with Gasteiger partial charge in [-0.05, 0) is 17.7 Å². The number of methoxy groups -OCH3 is 1. The fourth-order valence-corrected chi connectivity index (χ4v) is 3.01. The molecule has 0 aliphatic carbocycles. The summed E-state index contributed by atoms with van der Waals surface area (Å²) in [4.78, 5) is 38.0. The van der Waals surface area contributed by atoms with E-state index in [9.17, 15) is 19.5 Å². The molecular weight excluding hydrogens is 348 g/mol. The molecule has 0 saturated heterocycles. The van der Waals surface area contributed by atoms with Gasteiger partial charge in [-0.1, -0.05) is 23.7 Å². The minimum atomic E-state index is -0.920. The molecule has 3 rings (SSSR count). The van der Waals surface area contributed by atoms with Crippen LogP contribution in [0.25, 0.3) is 0 Å². The zero-order valence-corrected chi connectivity index (χ0v) is 14.1. The van der Waals surface area contributed by atoms with Gasteiger partial charge in [0.15, 0.2) is 11.4 Å². The summed E-state index contributed by atoms with van der Waals surface area (Å²) in [7, 11) is 1.14. The van der Waals surface area contributed by atoms with Gasteiger partial charge in [-0.15, -0.1) is 0 Å². The van der Waals surface area contributed by atoms with Crippen molar-refractivity contribution in [3.8, 4) is 5.75 Å². The Morgan fingerprint density at radius 2 is 2.08 bits per heavy atom. The monoisotopic (exact) mass is 362 g/mol. The summed E-state index contributed by atoms with van der Waals surface area (Å²) < 4.78 is 5.93. The number of aromatic hydroxyl groups is 1. The third-order valence-electron chi connectivity index (χ3n) is 4.02. The molecule has 1 amide bonds. The summed E-state index contributed by atoms with van der Waals surface area (Å²) >= 11 is 5.95. The standard InChI is InChI=1S/C17H15ClN2O5/c1-25-17(24)12-9-19-5-6-20(8-10-3-2-4-11(18)7-10)16(23)13(19)15(22)14(12)21/h2-4,7,9,22H,5-6,8H2,1H3. The summed E-state index contributed by atoms with van der Waals surface area (Å²) in [5.74, 6) is -2.09. The van der Waals surface area contributed by atoms with Crippen LogP contribution in [0.15, 0.2) is 35.3 Å². The van der Waals surface area contributed by atoms with E-state index in [4.69, 9.17) is 11.6 Å². The lowest BCUT2D eigenvalue weighted by Gasteiger charge is -2.30. The minimum absolute atomic E-state index is 0.133. The highest BCUT2D eigenvalue weighted by Gasteiger charge is 2.30. The third-order valence-corrected chi connectivity index (χ3v) is 4.26. The number of amides is 1. The average Bonchev–Trinajstić information content (AvgIpc) is 2.59. The van der Waals surface area contributed by atoms with Gasteiger partial charge in [0.2, 0.25) is 5.43 Å². The van der Waals surface area contributed by atoms with Gasteiger partial charge in [-0.3, -0.25) is 9.59 Å². The number of esters is 1. The first kappa shape index (κ1) is 17.0. The summed E-state index contributed by atoms with van der Waals surface area (Å²) in [5, 5.41) is 10.7. The van der Waals surface area contributed by atoms with Gasteiger partial charge in [-0.25, -0.2) is 4.79 Å². The molecule has 0 unspecified atom stereocenters. The Balaban J connectivity index is 1.96. The maximum Gasteiger partial charge on any atom is 0.343 e. The molecule has 0 saturated carbocycles. The number of hydrogen-bond acceptors (Lipinski definition) is 5. The highest BCUT2D eigenvalue weighted by Crippen LogP contribution is 2.22. The van der Waals surface area contributed by atoms with Gasteiger partial charge in [0.05, 0.1) is 7.11 Å². The number of benzene rings is 1. The lowest BCUT2D eigenvalue weighted by Crippen LogP contribution is -2.41. The molecule has 7 nitrogen and oxygen atoms in total. The van der Waals surface area contributed by atoms with Crippen LogP contribution in [0.4, 0.5) is 0 Å². The van der Waals surface area contributed by atoms with E-state index in [-0.39, 0.29) is 11.3 Å². The van der Waals surface area contributed by atoms with Crippen LogP contribution in [-0.2, 0) is 17.8 Å². The number of pyridine rings is 1. The van der Waals surface area contributed by atoms with Gasteiger partial charge < -0.3 is 19.3 Å². The Kier molecular flexibility index (Phi) is 4.50. The normalized spacial score (nSPS) is 13.5. The van der Waals surface area contributed by atoms with Crippen molar-refractivity contribution >= 4 is 23.5 Å². The minimum Gasteiger partial charge on any atom is -0.503 e. The van der Waals surface area contributed by atoms with Crippen molar-refractivity contribution in [1.82, 2.24) is 9.47 Å². The largest absolute Gasteiger partial charge is 0.503 e. The number of aromatic nitrogens is 1.